The summed E-state index contributed by atoms with van der Waals surface area (Å²) < 4.78 is 38.5. The van der Waals surface area contributed by atoms with Gasteiger partial charge in [0.05, 0.1) is 59.2 Å². The molecule has 0 spiro atoms. The molecule has 14 nitrogen and oxygen atoms in total. The van der Waals surface area contributed by atoms with Crippen LogP contribution in [0.3, 0.4) is 0 Å². The number of hydrogen-bond acceptors (Lipinski definition) is 14. The van der Waals surface area contributed by atoms with Crippen LogP contribution >= 0.6 is 0 Å². The summed E-state index contributed by atoms with van der Waals surface area (Å²) in [5.74, 6) is 3.79. The third-order valence-corrected chi connectivity index (χ3v) is 25.1. The summed E-state index contributed by atoms with van der Waals surface area (Å²) in [6, 6.07) is 0. The zero-order chi connectivity index (χ0) is 75.9. The molecular formula is C87H158O14. The van der Waals surface area contributed by atoms with Gasteiger partial charge >= 0.3 is 41.8 Å². The van der Waals surface area contributed by atoms with Crippen molar-refractivity contribution in [1.29, 1.82) is 0 Å². The van der Waals surface area contributed by atoms with Crippen molar-refractivity contribution in [3.8, 4) is 0 Å². The van der Waals surface area contributed by atoms with Crippen LogP contribution < -0.4 is 0 Å². The monoisotopic (exact) mass is 1430 g/mol. The maximum atomic E-state index is 12.0. The molecule has 0 heterocycles. The van der Waals surface area contributed by atoms with Crippen molar-refractivity contribution in [3.63, 3.8) is 0 Å². The lowest BCUT2D eigenvalue weighted by atomic mass is 9.88. The fourth-order valence-electron chi connectivity index (χ4n) is 14.2. The Balaban J connectivity index is 0.000000401. The van der Waals surface area contributed by atoms with E-state index >= 15 is 0 Å². The zero-order valence-electron chi connectivity index (χ0n) is 69.1. The second-order valence-corrected chi connectivity index (χ2v) is 34.8. The van der Waals surface area contributed by atoms with Crippen LogP contribution in [0.1, 0.15) is 402 Å². The molecule has 590 valence electrons. The van der Waals surface area contributed by atoms with E-state index in [1.807, 2.05) is 125 Å². The Kier molecular flexibility index (Phi) is 44.8. The third-order valence-electron chi connectivity index (χ3n) is 25.1. The maximum Gasteiger partial charge on any atom is 0.312 e. The molecule has 101 heavy (non-hydrogen) atoms. The molecule has 2 bridgehead atoms. The summed E-state index contributed by atoms with van der Waals surface area (Å²) in [4.78, 5) is 81.8. The van der Waals surface area contributed by atoms with Crippen LogP contribution in [-0.2, 0) is 66.7 Å². The summed E-state index contributed by atoms with van der Waals surface area (Å²) in [5, 5.41) is 0. The highest BCUT2D eigenvalue weighted by Crippen LogP contribution is 2.48. The molecule has 6 atom stereocenters. The molecule has 8 rings (SSSR count). The maximum absolute atomic E-state index is 12.0. The minimum Gasteiger partial charge on any atom is -0.465 e. The van der Waals surface area contributed by atoms with Crippen molar-refractivity contribution < 1.29 is 66.7 Å². The molecule has 0 aliphatic heterocycles. The Morgan fingerprint density at radius 2 is 0.693 bits per heavy atom. The minimum atomic E-state index is -0.329. The topological polar surface area (TPSA) is 184 Å². The van der Waals surface area contributed by atoms with Crippen molar-refractivity contribution in [2.45, 2.75) is 425 Å². The second-order valence-electron chi connectivity index (χ2n) is 34.8. The second kappa shape index (κ2) is 48.5. The summed E-state index contributed by atoms with van der Waals surface area (Å²) >= 11 is 0. The average Bonchev–Trinajstić information content (AvgIpc) is 1.75. The lowest BCUT2D eigenvalue weighted by Gasteiger charge is -2.32. The van der Waals surface area contributed by atoms with Gasteiger partial charge in [0.2, 0.25) is 0 Å². The molecule has 0 radical (unpaired) electrons. The molecule has 8 fully saturated rings. The number of esters is 7. The van der Waals surface area contributed by atoms with Gasteiger partial charge in [0.1, 0.15) is 23.4 Å². The Bertz CT molecular complexity index is 2300. The average molecular weight is 1430 g/mol. The van der Waals surface area contributed by atoms with Crippen LogP contribution in [0.4, 0.5) is 0 Å². The van der Waals surface area contributed by atoms with Gasteiger partial charge in [-0.3, -0.25) is 33.6 Å². The highest BCUT2D eigenvalue weighted by molar-refractivity contribution is 5.77. The van der Waals surface area contributed by atoms with Gasteiger partial charge in [0.25, 0.3) is 0 Å². The van der Waals surface area contributed by atoms with Crippen LogP contribution in [0, 0.1) is 69.0 Å². The van der Waals surface area contributed by atoms with Crippen molar-refractivity contribution >= 4 is 41.8 Å². The van der Waals surface area contributed by atoms with Crippen LogP contribution in [0.25, 0.3) is 0 Å². The third kappa shape index (κ3) is 35.0. The first-order chi connectivity index (χ1) is 47.7. The number of fused-ring (bicyclic) bond motifs is 2. The number of carbonyl (C=O) groups is 7. The van der Waals surface area contributed by atoms with Gasteiger partial charge in [-0.15, -0.1) is 0 Å². The zero-order valence-corrected chi connectivity index (χ0v) is 69.1. The highest BCUT2D eigenvalue weighted by atomic mass is 16.6. The fraction of sp³-hybridized carbons (Fsp3) is 0.920. The van der Waals surface area contributed by atoms with Crippen molar-refractivity contribution in [3.05, 3.63) is 0 Å². The van der Waals surface area contributed by atoms with Gasteiger partial charge < -0.3 is 33.2 Å². The molecule has 0 aromatic heterocycles. The van der Waals surface area contributed by atoms with Gasteiger partial charge in [0, 0.05) is 0 Å². The summed E-state index contributed by atoms with van der Waals surface area (Å²) in [6.45, 7) is 41.9. The minimum absolute atomic E-state index is 0.00347. The lowest BCUT2D eigenvalue weighted by molar-refractivity contribution is -0.171. The number of ether oxygens (including phenoxy) is 7. The first-order valence-electron chi connectivity index (χ1n) is 42.1. The first-order valence-corrected chi connectivity index (χ1v) is 42.1. The van der Waals surface area contributed by atoms with Crippen LogP contribution in [-0.4, -0.2) is 85.0 Å². The molecule has 8 aliphatic carbocycles. The van der Waals surface area contributed by atoms with E-state index in [4.69, 9.17) is 33.2 Å². The van der Waals surface area contributed by atoms with Crippen molar-refractivity contribution in [2.24, 2.45) is 69.0 Å². The Morgan fingerprint density at radius 1 is 0.347 bits per heavy atom. The first kappa shape index (κ1) is 93.4. The Labute approximate surface area is 619 Å². The van der Waals surface area contributed by atoms with E-state index in [1.54, 1.807) is 0 Å². The smallest absolute Gasteiger partial charge is 0.312 e. The Morgan fingerprint density at radius 3 is 1.07 bits per heavy atom. The van der Waals surface area contributed by atoms with Gasteiger partial charge in [-0.25, -0.2) is 0 Å². The summed E-state index contributed by atoms with van der Waals surface area (Å²) in [6.07, 6.45) is 47.5. The Hall–Kier alpha value is -3.71. The van der Waals surface area contributed by atoms with E-state index < -0.39 is 0 Å². The summed E-state index contributed by atoms with van der Waals surface area (Å²) in [7, 11) is 0. The van der Waals surface area contributed by atoms with Crippen molar-refractivity contribution in [2.75, 3.05) is 19.8 Å². The van der Waals surface area contributed by atoms with E-state index in [0.717, 1.165) is 121 Å². The molecule has 8 saturated carbocycles. The van der Waals surface area contributed by atoms with Gasteiger partial charge in [-0.05, 0) is 290 Å². The van der Waals surface area contributed by atoms with E-state index in [9.17, 15) is 33.6 Å². The normalized spacial score (nSPS) is 22.3. The van der Waals surface area contributed by atoms with Crippen LogP contribution in [0.5, 0.6) is 0 Å². The van der Waals surface area contributed by atoms with Gasteiger partial charge in [0.15, 0.2) is 0 Å². The molecular weight excluding hydrogens is 1270 g/mol. The molecule has 14 heteroatoms. The quantitative estimate of drug-likeness (QED) is 0.0588. The largest absolute Gasteiger partial charge is 0.465 e. The summed E-state index contributed by atoms with van der Waals surface area (Å²) in [5.41, 5.74) is -1.50. The van der Waals surface area contributed by atoms with Crippen LogP contribution in [0.2, 0.25) is 0 Å². The van der Waals surface area contributed by atoms with Crippen molar-refractivity contribution in [1.82, 2.24) is 0 Å². The van der Waals surface area contributed by atoms with Gasteiger partial charge in [-0.1, -0.05) is 141 Å². The predicted molar refractivity (Wildman–Crippen MR) is 411 cm³/mol. The van der Waals surface area contributed by atoms with Crippen LogP contribution in [0.15, 0.2) is 0 Å². The number of carbonyl (C=O) groups excluding carboxylic acids is 7. The van der Waals surface area contributed by atoms with E-state index in [2.05, 4.69) is 13.8 Å². The van der Waals surface area contributed by atoms with E-state index in [1.165, 1.54) is 154 Å². The van der Waals surface area contributed by atoms with Gasteiger partial charge in [-0.2, -0.15) is 0 Å². The number of rotatable bonds is 26. The molecule has 0 aromatic rings. The standard InChI is InChI=1S/C14H24O2.2C13H24O2.3C12H22O2.C11H20O2/c1-4-14(2,3)13(15)16-9-12-8-10-5-6-11(12)7-10;1-5-12(3,4)11(14)15-13(6-2)9-7-8-10-13;1-4-13(2,3)12(14)15-10-11-8-6-5-7-9-11;1-4-12(2,3)11(13)14-10-8-6-5-7-9-10;1-4-10(3)11(13)14-12(5-2)8-6-7-9-12;1-3-10(2)12(13)14-9-11-7-5-4-6-8-11;1-3-9(2)11(12)13-10-7-5-4-6-8-10/h10-12H,4-9H2,1-3H3;5-10H2,1-4H3;11H,4-10H2,1-3H3;2*10H,4-9H2,1-3H3;10-11H,3-9H2,1-2H3;9-10H,3-8H2,1-2H3. The molecule has 0 amide bonds. The molecule has 0 saturated heterocycles. The lowest BCUT2D eigenvalue weighted by Crippen LogP contribution is -2.37. The molecule has 0 N–H and O–H groups in total. The van der Waals surface area contributed by atoms with E-state index in [-0.39, 0.29) is 105 Å². The highest BCUT2D eigenvalue weighted by Gasteiger charge is 2.42. The molecule has 6 unspecified atom stereocenters. The SMILES string of the molecule is CCC(C)(C)C(=O)OC1CCCCC1.CCC(C)(C)C(=O)OCC1CC2CCC1C2.CCC(C)(C)C(=O)OCC1CCCCC1.CCC(C)C(=O)OC1(CC)CCCC1.CCC(C)C(=O)OC1CCCCC1.CCC(C)C(=O)OCC1CCCCC1.CCC1(OC(=O)C(C)(C)CC)CCCC1. The molecule has 0 aromatic carbocycles. The van der Waals surface area contributed by atoms with E-state index in [0.29, 0.717) is 37.6 Å². The molecule has 8 aliphatic rings. The number of hydrogen-bond donors (Lipinski definition) is 0. The predicted octanol–water partition coefficient (Wildman–Crippen LogP) is 23.3. The fourth-order valence-corrected chi connectivity index (χ4v) is 14.2.